The minimum Gasteiger partial charge on any atom is 0 e. The molecule has 53 valence electrons. The SMILES string of the molecule is C=C[C](=O)[Cu].[Cu].[Ni]. The van der Waals surface area contributed by atoms with Gasteiger partial charge in [0.25, 0.3) is 0 Å². The molecule has 1 nitrogen and oxygen atoms in total. The fourth-order valence-corrected chi connectivity index (χ4v) is 0. The van der Waals surface area contributed by atoms with E-state index in [4.69, 9.17) is 0 Å². The van der Waals surface area contributed by atoms with Gasteiger partial charge in [0.1, 0.15) is 0 Å². The molecule has 0 aromatic carbocycles. The van der Waals surface area contributed by atoms with Crippen LogP contribution in [-0.4, -0.2) is 4.68 Å². The fourth-order valence-electron chi connectivity index (χ4n) is 0. The van der Waals surface area contributed by atoms with E-state index in [1.54, 1.807) is 0 Å². The molecule has 0 unspecified atom stereocenters. The Morgan fingerprint density at radius 1 is 1.71 bits per heavy atom. The molecule has 0 aliphatic carbocycles. The van der Waals surface area contributed by atoms with Crippen LogP contribution < -0.4 is 0 Å². The third kappa shape index (κ3) is 19.6. The van der Waals surface area contributed by atoms with E-state index >= 15 is 0 Å². The maximum Gasteiger partial charge on any atom is 0 e. The van der Waals surface area contributed by atoms with E-state index in [1.165, 1.54) is 0 Å². The molecule has 0 saturated heterocycles. The molecule has 4 heteroatoms. The second-order valence-electron chi connectivity index (χ2n) is 0.471. The van der Waals surface area contributed by atoms with E-state index in [0.29, 0.717) is 0 Å². The molecule has 0 saturated carbocycles. The predicted molar refractivity (Wildman–Crippen MR) is 15.2 cm³/mol. The van der Waals surface area contributed by atoms with Crippen molar-refractivity contribution in [2.75, 3.05) is 0 Å². The third-order valence-electron chi connectivity index (χ3n) is 0.145. The van der Waals surface area contributed by atoms with Gasteiger partial charge in [0.15, 0.2) is 0 Å². The summed E-state index contributed by atoms with van der Waals surface area (Å²) >= 11 is 4.15. The van der Waals surface area contributed by atoms with Crippen molar-refractivity contribution in [1.29, 1.82) is 0 Å². The monoisotopic (exact) mass is 239 g/mol. The van der Waals surface area contributed by atoms with Crippen LogP contribution in [0, 0.1) is 0 Å². The summed E-state index contributed by atoms with van der Waals surface area (Å²) in [5.74, 6) is 0. The quantitative estimate of drug-likeness (QED) is 0.474. The van der Waals surface area contributed by atoms with Crippen molar-refractivity contribution in [2.24, 2.45) is 0 Å². The molecular formula is C3H3Cu2NiO. The van der Waals surface area contributed by atoms with Crippen molar-refractivity contribution in [2.45, 2.75) is 0 Å². The van der Waals surface area contributed by atoms with Crippen molar-refractivity contribution in [1.82, 2.24) is 0 Å². The standard InChI is InChI=1S/C3H3O.2Cu.Ni/c1-2-3-4;;;/h2H,1H2;;;. The minimum absolute atomic E-state index is 0. The summed E-state index contributed by atoms with van der Waals surface area (Å²) in [6.45, 7) is 3.10. The molecule has 7 heavy (non-hydrogen) atoms. The van der Waals surface area contributed by atoms with Crippen LogP contribution in [0.3, 0.4) is 0 Å². The first kappa shape index (κ1) is 15.7. The second kappa shape index (κ2) is 10.0. The molecule has 0 spiro atoms. The molecule has 0 rings (SSSR count). The van der Waals surface area contributed by atoms with Crippen LogP contribution in [0.1, 0.15) is 0 Å². The van der Waals surface area contributed by atoms with E-state index in [-0.39, 0.29) is 33.6 Å². The number of carbonyl (C=O) groups is 1. The predicted octanol–water partition coefficient (Wildman–Crippen LogP) is 0.241. The zero-order valence-electron chi connectivity index (χ0n) is 3.11. The van der Waals surface area contributed by atoms with E-state index in [0.717, 1.165) is 6.08 Å². The number of hydrogen-bond acceptors (Lipinski definition) is 1. The van der Waals surface area contributed by atoms with Crippen molar-refractivity contribution in [3.63, 3.8) is 0 Å². The fraction of sp³-hybridized carbons (Fsp3) is 0. The number of allylic oxidation sites excluding steroid dienone is 1. The van der Waals surface area contributed by atoms with Crippen LogP contribution in [0.5, 0.6) is 0 Å². The Hall–Kier alpha value is 0.942. The second-order valence-corrected chi connectivity index (χ2v) is 0.935. The zero-order chi connectivity index (χ0) is 4.28. The summed E-state index contributed by atoms with van der Waals surface area (Å²) < 4.78 is -0.419. The molecule has 0 heterocycles. The molecular weight excluding hydrogens is 238 g/mol. The van der Waals surface area contributed by atoms with Crippen molar-refractivity contribution in [3.8, 4) is 0 Å². The molecule has 0 atom stereocenters. The van der Waals surface area contributed by atoms with E-state index in [1.807, 2.05) is 0 Å². The van der Waals surface area contributed by atoms with Crippen LogP contribution in [-0.2, 0) is 54.4 Å². The topological polar surface area (TPSA) is 17.1 Å². The van der Waals surface area contributed by atoms with Crippen LogP contribution in [0.25, 0.3) is 0 Å². The maximum absolute atomic E-state index is 9.50. The van der Waals surface area contributed by atoms with Crippen LogP contribution in [0.15, 0.2) is 12.7 Å². The van der Waals surface area contributed by atoms with E-state index < -0.39 is 4.68 Å². The zero-order valence-corrected chi connectivity index (χ0v) is 5.98. The van der Waals surface area contributed by atoms with Gasteiger partial charge in [-0.2, -0.15) is 0 Å². The van der Waals surface area contributed by atoms with Crippen molar-refractivity contribution in [3.05, 3.63) is 12.7 Å². The Balaban J connectivity index is -0.0000000800. The van der Waals surface area contributed by atoms with Gasteiger partial charge in [-0.25, -0.2) is 0 Å². The molecule has 0 N–H and O–H groups in total. The molecule has 0 bridgehead atoms. The minimum atomic E-state index is -0.419. The normalized spacial score (nSPS) is 4.86. The van der Waals surface area contributed by atoms with Gasteiger partial charge in [-0.3, -0.25) is 0 Å². The summed E-state index contributed by atoms with van der Waals surface area (Å²) in [6, 6.07) is 0. The Bertz CT molecular complexity index is 64.0. The molecule has 0 fully saturated rings. The van der Waals surface area contributed by atoms with Crippen molar-refractivity contribution >= 4 is 4.68 Å². The van der Waals surface area contributed by atoms with Crippen LogP contribution in [0.4, 0.5) is 0 Å². The van der Waals surface area contributed by atoms with Gasteiger partial charge in [-0.05, 0) is 0 Å². The average molecular weight is 241 g/mol. The van der Waals surface area contributed by atoms with Gasteiger partial charge in [0.05, 0.1) is 0 Å². The van der Waals surface area contributed by atoms with Gasteiger partial charge in [-0.1, -0.05) is 0 Å². The van der Waals surface area contributed by atoms with Gasteiger partial charge in [-0.15, -0.1) is 0 Å². The van der Waals surface area contributed by atoms with Crippen LogP contribution >= 0.6 is 0 Å². The Morgan fingerprint density at radius 2 is 1.86 bits per heavy atom. The number of carbonyl (C=O) groups excluding carboxylic acids is 1. The largest absolute Gasteiger partial charge is 0 e. The molecule has 0 aliphatic heterocycles. The smallest absolute Gasteiger partial charge is 0 e. The summed E-state index contributed by atoms with van der Waals surface area (Å²) in [7, 11) is 0. The Labute approximate surface area is 71.5 Å². The summed E-state index contributed by atoms with van der Waals surface area (Å²) in [4.78, 5) is 9.50. The number of hydrogen-bond donors (Lipinski definition) is 0. The van der Waals surface area contributed by atoms with Gasteiger partial charge in [0, 0.05) is 33.6 Å². The molecule has 0 amide bonds. The first-order chi connectivity index (χ1) is 2.27. The Morgan fingerprint density at radius 3 is 1.86 bits per heavy atom. The average Bonchev–Trinajstić information content (AvgIpc) is 1.38. The van der Waals surface area contributed by atoms with Crippen LogP contribution in [0.2, 0.25) is 0 Å². The molecule has 0 aromatic rings. The van der Waals surface area contributed by atoms with E-state index in [9.17, 15) is 4.79 Å². The first-order valence-corrected chi connectivity index (χ1v) is 1.52. The first-order valence-electron chi connectivity index (χ1n) is 1.05. The third-order valence-corrected chi connectivity index (χ3v) is 0.337. The van der Waals surface area contributed by atoms with Gasteiger partial charge < -0.3 is 0 Å². The Kier molecular flexibility index (Phi) is 22.5. The molecule has 1 radical (unpaired) electrons. The molecule has 0 aromatic heterocycles. The number of rotatable bonds is 1. The molecule has 0 aliphatic rings. The summed E-state index contributed by atoms with van der Waals surface area (Å²) in [6.07, 6.45) is 1.08. The summed E-state index contributed by atoms with van der Waals surface area (Å²) in [5.41, 5.74) is 0. The van der Waals surface area contributed by atoms with Gasteiger partial charge in [0.2, 0.25) is 0 Å². The van der Waals surface area contributed by atoms with E-state index in [2.05, 4.69) is 22.6 Å². The van der Waals surface area contributed by atoms with Crippen molar-refractivity contribution < 1.29 is 54.4 Å². The van der Waals surface area contributed by atoms with Gasteiger partial charge >= 0.3 is 38.1 Å². The maximum atomic E-state index is 9.50. The summed E-state index contributed by atoms with van der Waals surface area (Å²) in [5, 5.41) is 0.